The molecule has 6 heteroatoms. The van der Waals surface area contributed by atoms with Gasteiger partial charge in [0.1, 0.15) is 0 Å². The van der Waals surface area contributed by atoms with E-state index in [0.717, 1.165) is 25.9 Å². The van der Waals surface area contributed by atoms with E-state index in [1.807, 2.05) is 6.92 Å². The van der Waals surface area contributed by atoms with Crippen LogP contribution in [0.4, 0.5) is 4.79 Å². The lowest BCUT2D eigenvalue weighted by Crippen LogP contribution is -2.48. The van der Waals surface area contributed by atoms with Gasteiger partial charge in [0.15, 0.2) is 0 Å². The molecule has 0 aromatic heterocycles. The highest BCUT2D eigenvalue weighted by atomic mass is 16.5. The topological polar surface area (TPSA) is 87.7 Å². The van der Waals surface area contributed by atoms with Crippen molar-refractivity contribution in [2.75, 3.05) is 19.8 Å². The van der Waals surface area contributed by atoms with Gasteiger partial charge >= 0.3 is 12.0 Å². The maximum absolute atomic E-state index is 11.9. The van der Waals surface area contributed by atoms with Crippen LogP contribution in [-0.2, 0) is 9.53 Å². The molecule has 2 atom stereocenters. The molecule has 0 aromatic carbocycles. The van der Waals surface area contributed by atoms with E-state index < -0.39 is 11.4 Å². The highest BCUT2D eigenvalue weighted by molar-refractivity contribution is 5.78. The summed E-state index contributed by atoms with van der Waals surface area (Å²) in [7, 11) is 0. The van der Waals surface area contributed by atoms with Crippen molar-refractivity contribution in [1.29, 1.82) is 0 Å². The lowest BCUT2D eigenvalue weighted by Gasteiger charge is -2.25. The second kappa shape index (κ2) is 6.43. The number of urea groups is 1. The molecule has 20 heavy (non-hydrogen) atoms. The largest absolute Gasteiger partial charge is 0.481 e. The van der Waals surface area contributed by atoms with Gasteiger partial charge in [-0.05, 0) is 26.2 Å². The normalized spacial score (nSPS) is 26.1. The van der Waals surface area contributed by atoms with Crippen LogP contribution in [0.25, 0.3) is 0 Å². The summed E-state index contributed by atoms with van der Waals surface area (Å²) in [5, 5.41) is 15.0. The number of hydrogen-bond donors (Lipinski definition) is 3. The van der Waals surface area contributed by atoms with Crippen LogP contribution in [0.3, 0.4) is 0 Å². The van der Waals surface area contributed by atoms with Gasteiger partial charge in [-0.15, -0.1) is 0 Å². The fourth-order valence-corrected chi connectivity index (χ4v) is 3.09. The molecule has 2 amide bonds. The summed E-state index contributed by atoms with van der Waals surface area (Å²) < 4.78 is 5.30. The van der Waals surface area contributed by atoms with Crippen LogP contribution in [0.1, 0.15) is 39.0 Å². The monoisotopic (exact) mass is 284 g/mol. The molecule has 3 N–H and O–H groups in total. The predicted octanol–water partition coefficient (Wildman–Crippen LogP) is 1.36. The Hall–Kier alpha value is -1.30. The van der Waals surface area contributed by atoms with E-state index in [-0.39, 0.29) is 18.6 Å². The first-order valence-electron chi connectivity index (χ1n) is 7.39. The molecule has 0 radical (unpaired) electrons. The van der Waals surface area contributed by atoms with E-state index in [2.05, 4.69) is 10.6 Å². The fourth-order valence-electron chi connectivity index (χ4n) is 3.09. The average molecular weight is 284 g/mol. The molecule has 1 heterocycles. The molecule has 1 aliphatic heterocycles. The Morgan fingerprint density at radius 2 is 2.10 bits per heavy atom. The molecule has 0 bridgehead atoms. The molecule has 1 saturated heterocycles. The van der Waals surface area contributed by atoms with Crippen molar-refractivity contribution in [2.24, 2.45) is 11.3 Å². The molecule has 0 aromatic rings. The van der Waals surface area contributed by atoms with Crippen molar-refractivity contribution < 1.29 is 19.4 Å². The van der Waals surface area contributed by atoms with E-state index in [9.17, 15) is 14.7 Å². The number of hydrogen-bond acceptors (Lipinski definition) is 3. The first kappa shape index (κ1) is 15.1. The van der Waals surface area contributed by atoms with Crippen molar-refractivity contribution >= 4 is 12.0 Å². The Bertz CT molecular complexity index is 360. The third-order valence-corrected chi connectivity index (χ3v) is 4.63. The molecule has 2 fully saturated rings. The van der Waals surface area contributed by atoms with Crippen LogP contribution >= 0.6 is 0 Å². The minimum absolute atomic E-state index is 0.0434. The molecule has 2 rings (SSSR count). The van der Waals surface area contributed by atoms with Crippen LogP contribution < -0.4 is 10.6 Å². The summed E-state index contributed by atoms with van der Waals surface area (Å²) in [6, 6.07) is -0.237. The zero-order valence-electron chi connectivity index (χ0n) is 12.0. The predicted molar refractivity (Wildman–Crippen MR) is 73.5 cm³/mol. The van der Waals surface area contributed by atoms with Gasteiger partial charge in [-0.2, -0.15) is 0 Å². The third kappa shape index (κ3) is 3.42. The number of carboxylic acid groups (broad SMARTS) is 1. The zero-order valence-corrected chi connectivity index (χ0v) is 12.0. The first-order chi connectivity index (χ1) is 9.53. The Morgan fingerprint density at radius 1 is 1.40 bits per heavy atom. The summed E-state index contributed by atoms with van der Waals surface area (Å²) in [5.41, 5.74) is -0.767. The van der Waals surface area contributed by atoms with Gasteiger partial charge in [-0.3, -0.25) is 4.79 Å². The quantitative estimate of drug-likeness (QED) is 0.711. The van der Waals surface area contributed by atoms with Crippen molar-refractivity contribution in [2.45, 2.75) is 45.1 Å². The molecule has 2 aliphatic rings. The Balaban J connectivity index is 1.77. The SMILES string of the molecule is CC(NC(=O)NCC1(C(=O)O)CCCC1)C1CCOC1. The lowest BCUT2D eigenvalue weighted by molar-refractivity contribution is -0.148. The van der Waals surface area contributed by atoms with E-state index >= 15 is 0 Å². The van der Waals surface area contributed by atoms with E-state index in [1.165, 1.54) is 0 Å². The average Bonchev–Trinajstić information content (AvgIpc) is 3.08. The molecule has 0 spiro atoms. The zero-order chi connectivity index (χ0) is 14.6. The number of rotatable bonds is 5. The minimum atomic E-state index is -0.799. The summed E-state index contributed by atoms with van der Waals surface area (Å²) in [6.45, 7) is 3.60. The first-order valence-corrected chi connectivity index (χ1v) is 7.39. The van der Waals surface area contributed by atoms with Gasteiger partial charge in [0.25, 0.3) is 0 Å². The third-order valence-electron chi connectivity index (χ3n) is 4.63. The molecule has 1 aliphatic carbocycles. The highest BCUT2D eigenvalue weighted by Crippen LogP contribution is 2.37. The molecular formula is C14H24N2O4. The summed E-state index contributed by atoms with van der Waals surface area (Å²) in [4.78, 5) is 23.3. The summed E-state index contributed by atoms with van der Waals surface area (Å²) in [6.07, 6.45) is 4.10. The van der Waals surface area contributed by atoms with Crippen molar-refractivity contribution in [3.8, 4) is 0 Å². The van der Waals surface area contributed by atoms with Gasteiger partial charge in [-0.25, -0.2) is 4.79 Å². The van der Waals surface area contributed by atoms with Gasteiger partial charge in [0, 0.05) is 25.1 Å². The summed E-state index contributed by atoms with van der Waals surface area (Å²) >= 11 is 0. The maximum atomic E-state index is 11.9. The maximum Gasteiger partial charge on any atom is 0.315 e. The van der Waals surface area contributed by atoms with E-state index in [4.69, 9.17) is 4.74 Å². The number of aliphatic carboxylic acids is 1. The molecule has 1 saturated carbocycles. The molecule has 114 valence electrons. The Kier molecular flexibility index (Phi) is 4.86. The molecule has 6 nitrogen and oxygen atoms in total. The van der Waals surface area contributed by atoms with Gasteiger partial charge in [0.05, 0.1) is 12.0 Å². The van der Waals surface area contributed by atoms with E-state index in [1.54, 1.807) is 0 Å². The van der Waals surface area contributed by atoms with Gasteiger partial charge < -0.3 is 20.5 Å². The van der Waals surface area contributed by atoms with Crippen LogP contribution in [-0.4, -0.2) is 42.9 Å². The van der Waals surface area contributed by atoms with E-state index in [0.29, 0.717) is 25.4 Å². The van der Waals surface area contributed by atoms with Crippen molar-refractivity contribution in [3.63, 3.8) is 0 Å². The minimum Gasteiger partial charge on any atom is -0.481 e. The number of carbonyl (C=O) groups excluding carboxylic acids is 1. The Morgan fingerprint density at radius 3 is 2.65 bits per heavy atom. The Labute approximate surface area is 119 Å². The van der Waals surface area contributed by atoms with Crippen LogP contribution in [0.15, 0.2) is 0 Å². The number of nitrogens with one attached hydrogen (secondary N) is 2. The molecular weight excluding hydrogens is 260 g/mol. The van der Waals surface area contributed by atoms with Crippen molar-refractivity contribution in [1.82, 2.24) is 10.6 Å². The highest BCUT2D eigenvalue weighted by Gasteiger charge is 2.41. The second-order valence-electron chi connectivity index (χ2n) is 6.03. The van der Waals surface area contributed by atoms with Crippen LogP contribution in [0, 0.1) is 11.3 Å². The second-order valence-corrected chi connectivity index (χ2v) is 6.03. The van der Waals surface area contributed by atoms with Gasteiger partial charge in [0.2, 0.25) is 0 Å². The number of ether oxygens (including phenoxy) is 1. The van der Waals surface area contributed by atoms with Crippen LogP contribution in [0.2, 0.25) is 0 Å². The summed E-state index contributed by atoms with van der Waals surface area (Å²) in [5.74, 6) is -0.451. The van der Waals surface area contributed by atoms with Gasteiger partial charge in [-0.1, -0.05) is 12.8 Å². The van der Waals surface area contributed by atoms with Crippen LogP contribution in [0.5, 0.6) is 0 Å². The number of carbonyl (C=O) groups is 2. The smallest absolute Gasteiger partial charge is 0.315 e. The fraction of sp³-hybridized carbons (Fsp3) is 0.857. The number of carboxylic acids is 1. The molecule has 2 unspecified atom stereocenters. The number of amides is 2. The van der Waals surface area contributed by atoms with Crippen molar-refractivity contribution in [3.05, 3.63) is 0 Å². The standard InChI is InChI=1S/C14H24N2O4/c1-10(11-4-7-20-8-11)16-13(19)15-9-14(12(17)18)5-2-3-6-14/h10-11H,2-9H2,1H3,(H,17,18)(H2,15,16,19). The lowest BCUT2D eigenvalue weighted by atomic mass is 9.86.